The van der Waals surface area contributed by atoms with E-state index in [1.54, 1.807) is 0 Å². The van der Waals surface area contributed by atoms with Gasteiger partial charge in [-0.3, -0.25) is 4.57 Å². The molecular weight excluding hydrogens is 289 g/mol. The molecule has 22 heavy (non-hydrogen) atoms. The van der Waals surface area contributed by atoms with Crippen LogP contribution < -0.4 is 5.73 Å². The molecule has 2 aromatic heterocycles. The average Bonchev–Trinajstić information content (AvgIpc) is 2.98. The summed E-state index contributed by atoms with van der Waals surface area (Å²) in [6.07, 6.45) is 3.74. The molecule has 8 heteroatoms. The summed E-state index contributed by atoms with van der Waals surface area (Å²) >= 11 is 0. The molecule has 1 aliphatic heterocycles. The van der Waals surface area contributed by atoms with Crippen molar-refractivity contribution in [2.24, 2.45) is 0 Å². The molecule has 1 aliphatic rings. The fourth-order valence-corrected chi connectivity index (χ4v) is 2.21. The lowest BCUT2D eigenvalue weighted by molar-refractivity contribution is -0.154. The third-order valence-electron chi connectivity index (χ3n) is 3.33. The topological polar surface area (TPSA) is 88.1 Å². The summed E-state index contributed by atoms with van der Waals surface area (Å²) in [5, 5.41) is 0. The number of hydrogen-bond acceptors (Lipinski definition) is 6. The lowest BCUT2D eigenvalue weighted by Gasteiger charge is -2.21. The minimum absolute atomic E-state index is 0.120. The summed E-state index contributed by atoms with van der Waals surface area (Å²) in [5.41, 5.74) is 6.33. The average molecular weight is 305 g/mol. The minimum atomic E-state index is -1.57. The first-order valence-corrected chi connectivity index (χ1v) is 7.04. The maximum atomic E-state index is 14.2. The van der Waals surface area contributed by atoms with E-state index in [0.29, 0.717) is 17.8 Å². The van der Waals surface area contributed by atoms with Crippen molar-refractivity contribution >= 4 is 17.0 Å². The zero-order valence-corrected chi connectivity index (χ0v) is 11.9. The quantitative estimate of drug-likeness (QED) is 0.863. The molecule has 0 aromatic carbocycles. The van der Waals surface area contributed by atoms with E-state index >= 15 is 0 Å². The van der Waals surface area contributed by atoms with Crippen LogP contribution in [0.15, 0.2) is 12.7 Å². The highest BCUT2D eigenvalue weighted by Gasteiger charge is 2.14. The molecule has 0 radical (unpaired) electrons. The highest BCUT2D eigenvalue weighted by molar-refractivity contribution is 5.81. The Hall–Kier alpha value is -2.24. The number of ether oxygens (including phenoxy) is 2. The normalized spacial score (nSPS) is 19.6. The smallest absolute Gasteiger partial charge is 0.240 e. The summed E-state index contributed by atoms with van der Waals surface area (Å²) in [5.74, 6) is 5.32. The van der Waals surface area contributed by atoms with Crippen molar-refractivity contribution < 1.29 is 13.9 Å². The van der Waals surface area contributed by atoms with Gasteiger partial charge in [-0.25, -0.2) is 19.3 Å². The molecule has 2 aromatic rings. The fourth-order valence-electron chi connectivity index (χ4n) is 2.21. The molecule has 1 saturated heterocycles. The Bertz CT molecular complexity index is 702. The van der Waals surface area contributed by atoms with Crippen molar-refractivity contribution in [2.75, 3.05) is 18.9 Å². The first kappa shape index (κ1) is 14.7. The zero-order valence-electron chi connectivity index (χ0n) is 11.9. The van der Waals surface area contributed by atoms with Crippen LogP contribution in [0.25, 0.3) is 11.2 Å². The number of imidazole rings is 1. The van der Waals surface area contributed by atoms with Crippen LogP contribution in [0.4, 0.5) is 10.2 Å². The number of hydrogen-bond donors (Lipinski definition) is 1. The summed E-state index contributed by atoms with van der Waals surface area (Å²) < 4.78 is 26.2. The van der Waals surface area contributed by atoms with Crippen LogP contribution in [-0.4, -0.2) is 39.0 Å². The van der Waals surface area contributed by atoms with E-state index < -0.39 is 6.30 Å². The monoisotopic (exact) mass is 305 g/mol. The molecule has 1 unspecified atom stereocenters. The third kappa shape index (κ3) is 3.16. The molecule has 3 heterocycles. The van der Waals surface area contributed by atoms with Crippen molar-refractivity contribution in [1.29, 1.82) is 0 Å². The maximum Gasteiger partial charge on any atom is 0.240 e. The standard InChI is InChI=1S/C14H16FN5O2/c15-10(4-3-7-22-11-5-1-2-6-21-11)20-9-19-12-13(16)17-8-18-14(12)20/h8-11H,1-2,5-7H2,(H2,16,17,18)/t10-,11?/m0/s1. The molecule has 0 saturated carbocycles. The van der Waals surface area contributed by atoms with Crippen molar-refractivity contribution in [3.63, 3.8) is 0 Å². The molecule has 7 nitrogen and oxygen atoms in total. The first-order chi connectivity index (χ1) is 10.8. The van der Waals surface area contributed by atoms with Crippen LogP contribution in [0, 0.1) is 11.8 Å². The van der Waals surface area contributed by atoms with Crippen LogP contribution >= 0.6 is 0 Å². The maximum absolute atomic E-state index is 14.2. The van der Waals surface area contributed by atoms with Gasteiger partial charge in [0.15, 0.2) is 17.8 Å². The summed E-state index contributed by atoms with van der Waals surface area (Å²) in [6, 6.07) is 0. The van der Waals surface area contributed by atoms with Gasteiger partial charge in [0.2, 0.25) is 6.30 Å². The van der Waals surface area contributed by atoms with Gasteiger partial charge in [-0.05, 0) is 25.2 Å². The predicted octanol–water partition coefficient (Wildman–Crippen LogP) is 1.42. The van der Waals surface area contributed by atoms with Gasteiger partial charge in [-0.15, -0.1) is 0 Å². The summed E-state index contributed by atoms with van der Waals surface area (Å²) in [7, 11) is 0. The SMILES string of the molecule is Nc1ncnc2c1ncn2[C@H](F)C#CCOC1CCCCO1. The number of anilines is 1. The number of alkyl halides is 1. The number of aromatic nitrogens is 4. The molecule has 0 aliphatic carbocycles. The highest BCUT2D eigenvalue weighted by atomic mass is 19.1. The Morgan fingerprint density at radius 3 is 3.18 bits per heavy atom. The van der Waals surface area contributed by atoms with Gasteiger partial charge in [-0.1, -0.05) is 5.92 Å². The van der Waals surface area contributed by atoms with E-state index in [2.05, 4.69) is 26.8 Å². The summed E-state index contributed by atoms with van der Waals surface area (Å²) in [6.45, 7) is 0.820. The van der Waals surface area contributed by atoms with Crippen LogP contribution in [0.1, 0.15) is 25.6 Å². The number of nitrogens with zero attached hydrogens (tertiary/aromatic N) is 4. The zero-order chi connectivity index (χ0) is 15.4. The van der Waals surface area contributed by atoms with E-state index in [-0.39, 0.29) is 18.7 Å². The number of fused-ring (bicyclic) bond motifs is 1. The van der Waals surface area contributed by atoms with Crippen LogP contribution in [-0.2, 0) is 9.47 Å². The second kappa shape index (κ2) is 6.68. The number of halogens is 1. The molecule has 1 fully saturated rings. The number of nitrogen functional groups attached to an aromatic ring is 1. The number of rotatable bonds is 3. The molecule has 0 spiro atoms. The fraction of sp³-hybridized carbons (Fsp3) is 0.500. The van der Waals surface area contributed by atoms with E-state index in [1.165, 1.54) is 17.2 Å². The highest BCUT2D eigenvalue weighted by Crippen LogP contribution is 2.19. The van der Waals surface area contributed by atoms with Gasteiger partial charge in [0.1, 0.15) is 24.8 Å². The van der Waals surface area contributed by atoms with E-state index in [9.17, 15) is 4.39 Å². The Labute approximate surface area is 126 Å². The van der Waals surface area contributed by atoms with Crippen molar-refractivity contribution in [3.05, 3.63) is 12.7 Å². The van der Waals surface area contributed by atoms with Crippen LogP contribution in [0.3, 0.4) is 0 Å². The molecule has 0 amide bonds. The van der Waals surface area contributed by atoms with Gasteiger partial charge >= 0.3 is 0 Å². The van der Waals surface area contributed by atoms with Gasteiger partial charge in [-0.2, -0.15) is 0 Å². The van der Waals surface area contributed by atoms with Crippen molar-refractivity contribution in [3.8, 4) is 11.8 Å². The lowest BCUT2D eigenvalue weighted by Crippen LogP contribution is -2.22. The number of nitrogens with two attached hydrogens (primary N) is 1. The van der Waals surface area contributed by atoms with E-state index in [4.69, 9.17) is 15.2 Å². The van der Waals surface area contributed by atoms with Crippen molar-refractivity contribution in [2.45, 2.75) is 31.8 Å². The largest absolute Gasteiger partial charge is 0.382 e. The molecular formula is C14H16FN5O2. The Morgan fingerprint density at radius 1 is 1.45 bits per heavy atom. The molecule has 116 valence electrons. The van der Waals surface area contributed by atoms with Gasteiger partial charge < -0.3 is 15.2 Å². The van der Waals surface area contributed by atoms with Gasteiger partial charge in [0.05, 0.1) is 0 Å². The van der Waals surface area contributed by atoms with Crippen LogP contribution in [0.5, 0.6) is 0 Å². The lowest BCUT2D eigenvalue weighted by atomic mass is 10.2. The third-order valence-corrected chi connectivity index (χ3v) is 3.33. The Kier molecular flexibility index (Phi) is 4.46. The Morgan fingerprint density at radius 2 is 2.36 bits per heavy atom. The molecule has 2 atom stereocenters. The summed E-state index contributed by atoms with van der Waals surface area (Å²) in [4.78, 5) is 11.8. The van der Waals surface area contributed by atoms with Gasteiger partial charge in [0, 0.05) is 6.61 Å². The Balaban J connectivity index is 1.62. The molecule has 2 N–H and O–H groups in total. The predicted molar refractivity (Wildman–Crippen MR) is 77.2 cm³/mol. The van der Waals surface area contributed by atoms with E-state index in [1.807, 2.05) is 0 Å². The minimum Gasteiger partial charge on any atom is -0.382 e. The van der Waals surface area contributed by atoms with Gasteiger partial charge in [0.25, 0.3) is 0 Å². The molecule has 0 bridgehead atoms. The van der Waals surface area contributed by atoms with Crippen LogP contribution in [0.2, 0.25) is 0 Å². The second-order valence-corrected chi connectivity index (χ2v) is 4.85. The molecule has 3 rings (SSSR count). The first-order valence-electron chi connectivity index (χ1n) is 7.04. The van der Waals surface area contributed by atoms with E-state index in [0.717, 1.165) is 19.3 Å². The second-order valence-electron chi connectivity index (χ2n) is 4.85. The van der Waals surface area contributed by atoms with Crippen molar-refractivity contribution in [1.82, 2.24) is 19.5 Å².